The highest BCUT2D eigenvalue weighted by Crippen LogP contribution is 2.45. The average Bonchev–Trinajstić information content (AvgIpc) is 3.14. The summed E-state index contributed by atoms with van der Waals surface area (Å²) in [5.41, 5.74) is 0.145. The van der Waals surface area contributed by atoms with Crippen LogP contribution in [0, 0.1) is 0 Å². The highest BCUT2D eigenvalue weighted by molar-refractivity contribution is 6.32. The zero-order valence-electron chi connectivity index (χ0n) is 11.5. The highest BCUT2D eigenvalue weighted by atomic mass is 35.5. The smallest absolute Gasteiger partial charge is 0.283 e. The topological polar surface area (TPSA) is 46.9 Å². The number of carbonyl (C=O) groups is 1. The van der Waals surface area contributed by atoms with Crippen LogP contribution >= 0.6 is 11.6 Å². The van der Waals surface area contributed by atoms with Gasteiger partial charge in [-0.15, -0.1) is 0 Å². The van der Waals surface area contributed by atoms with Gasteiger partial charge in [0.15, 0.2) is 0 Å². The van der Waals surface area contributed by atoms with E-state index in [2.05, 4.69) is 10.4 Å². The summed E-state index contributed by atoms with van der Waals surface area (Å²) in [6.45, 7) is 3.78. The van der Waals surface area contributed by atoms with Crippen molar-refractivity contribution in [2.45, 2.75) is 58.0 Å². The van der Waals surface area contributed by atoms with Gasteiger partial charge >= 0.3 is 0 Å². The maximum absolute atomic E-state index is 12.8. The summed E-state index contributed by atoms with van der Waals surface area (Å²) in [5.74, 6) is -0.0832. The fourth-order valence-electron chi connectivity index (χ4n) is 2.04. The maximum Gasteiger partial charge on any atom is 0.283 e. The first-order valence-corrected chi connectivity index (χ1v) is 7.15. The standard InChI is InChI=1S/C13H18ClF2N3O/c1-3-7(2)17-9(20)6-19-12(8-4-5-8)10(14)11(18-19)13(15)16/h7-8,13H,3-6H2,1-2H3,(H,17,20). The second-order valence-electron chi connectivity index (χ2n) is 5.19. The molecule has 1 amide bonds. The van der Waals surface area contributed by atoms with Crippen LogP contribution in [0.15, 0.2) is 0 Å². The molecule has 1 aromatic rings. The quantitative estimate of drug-likeness (QED) is 0.877. The van der Waals surface area contributed by atoms with Crippen molar-refractivity contribution >= 4 is 17.5 Å². The van der Waals surface area contributed by atoms with Crippen molar-refractivity contribution < 1.29 is 13.6 Å². The Hall–Kier alpha value is -1.17. The van der Waals surface area contributed by atoms with Crippen LogP contribution in [-0.2, 0) is 11.3 Å². The fourth-order valence-corrected chi connectivity index (χ4v) is 2.41. The van der Waals surface area contributed by atoms with Gasteiger partial charge in [0.1, 0.15) is 12.2 Å². The molecule has 0 aromatic carbocycles. The van der Waals surface area contributed by atoms with Crippen LogP contribution < -0.4 is 5.32 Å². The van der Waals surface area contributed by atoms with Gasteiger partial charge in [-0.25, -0.2) is 8.78 Å². The van der Waals surface area contributed by atoms with E-state index in [-0.39, 0.29) is 29.4 Å². The fraction of sp³-hybridized carbons (Fsp3) is 0.692. The molecule has 4 nitrogen and oxygen atoms in total. The van der Waals surface area contributed by atoms with E-state index in [4.69, 9.17) is 11.6 Å². The molecule has 0 aliphatic heterocycles. The number of rotatable bonds is 6. The van der Waals surface area contributed by atoms with E-state index in [0.717, 1.165) is 19.3 Å². The van der Waals surface area contributed by atoms with Gasteiger partial charge < -0.3 is 5.32 Å². The minimum Gasteiger partial charge on any atom is -0.352 e. The third-order valence-electron chi connectivity index (χ3n) is 3.44. The predicted octanol–water partition coefficient (Wildman–Crippen LogP) is 3.27. The number of aromatic nitrogens is 2. The average molecular weight is 306 g/mol. The van der Waals surface area contributed by atoms with Crippen LogP contribution in [0.5, 0.6) is 0 Å². The van der Waals surface area contributed by atoms with Gasteiger partial charge in [0.25, 0.3) is 6.43 Å². The van der Waals surface area contributed by atoms with Crippen molar-refractivity contribution in [3.8, 4) is 0 Å². The van der Waals surface area contributed by atoms with Crippen LogP contribution in [0.2, 0.25) is 5.02 Å². The van der Waals surface area contributed by atoms with Crippen molar-refractivity contribution in [1.82, 2.24) is 15.1 Å². The second kappa shape index (κ2) is 6.08. The van der Waals surface area contributed by atoms with Crippen LogP contribution in [-0.4, -0.2) is 21.7 Å². The van der Waals surface area contributed by atoms with Gasteiger partial charge in [0.05, 0.1) is 10.7 Å². The first kappa shape index (κ1) is 15.2. The molecule has 1 aliphatic carbocycles. The van der Waals surface area contributed by atoms with Crippen molar-refractivity contribution in [2.75, 3.05) is 0 Å². The Kier molecular flexibility index (Phi) is 4.62. The summed E-state index contributed by atoms with van der Waals surface area (Å²) in [6.07, 6.45) is -0.107. The summed E-state index contributed by atoms with van der Waals surface area (Å²) < 4.78 is 27.0. The van der Waals surface area contributed by atoms with Gasteiger partial charge in [-0.1, -0.05) is 18.5 Å². The Balaban J connectivity index is 2.18. The van der Waals surface area contributed by atoms with E-state index >= 15 is 0 Å². The van der Waals surface area contributed by atoms with Gasteiger partial charge in [-0.2, -0.15) is 5.10 Å². The zero-order valence-corrected chi connectivity index (χ0v) is 12.3. The molecule has 0 saturated heterocycles. The molecular weight excluding hydrogens is 288 g/mol. The lowest BCUT2D eigenvalue weighted by atomic mass is 10.2. The first-order chi connectivity index (χ1) is 9.43. The number of alkyl halides is 2. The normalized spacial score (nSPS) is 16.5. The Labute approximate surface area is 121 Å². The van der Waals surface area contributed by atoms with E-state index < -0.39 is 12.1 Å². The summed E-state index contributed by atoms with van der Waals surface area (Å²) in [6, 6.07) is 0.0486. The molecule has 0 bridgehead atoms. The van der Waals surface area contributed by atoms with Crippen LogP contribution in [0.4, 0.5) is 8.78 Å². The predicted molar refractivity (Wildman–Crippen MR) is 72.1 cm³/mol. The zero-order chi connectivity index (χ0) is 14.9. The minimum atomic E-state index is -2.72. The molecule has 1 unspecified atom stereocenters. The van der Waals surface area contributed by atoms with Gasteiger partial charge in [0.2, 0.25) is 5.91 Å². The largest absolute Gasteiger partial charge is 0.352 e. The van der Waals surface area contributed by atoms with Crippen molar-refractivity contribution in [1.29, 1.82) is 0 Å². The number of nitrogens with zero attached hydrogens (tertiary/aromatic N) is 2. The number of carbonyl (C=O) groups excluding carboxylic acids is 1. The summed E-state index contributed by atoms with van der Waals surface area (Å²) in [4.78, 5) is 11.9. The molecule has 1 heterocycles. The van der Waals surface area contributed by atoms with E-state index in [1.54, 1.807) is 0 Å². The number of nitrogens with one attached hydrogen (secondary N) is 1. The Bertz CT molecular complexity index is 500. The second-order valence-corrected chi connectivity index (χ2v) is 5.57. The van der Waals surface area contributed by atoms with Crippen molar-refractivity contribution in [3.05, 3.63) is 16.4 Å². The molecule has 20 heavy (non-hydrogen) atoms. The highest BCUT2D eigenvalue weighted by Gasteiger charge is 2.34. The minimum absolute atomic E-state index is 0.0128. The molecular formula is C13H18ClF2N3O. The molecule has 0 spiro atoms. The molecule has 2 rings (SSSR count). The van der Waals surface area contributed by atoms with Crippen molar-refractivity contribution in [2.24, 2.45) is 0 Å². The SMILES string of the molecule is CCC(C)NC(=O)Cn1nc(C(F)F)c(Cl)c1C1CC1. The van der Waals surface area contributed by atoms with Gasteiger partial charge in [-0.05, 0) is 26.2 Å². The summed E-state index contributed by atoms with van der Waals surface area (Å²) in [7, 11) is 0. The van der Waals surface area contributed by atoms with E-state index in [1.165, 1.54) is 4.68 Å². The molecule has 1 saturated carbocycles. The molecule has 7 heteroatoms. The van der Waals surface area contributed by atoms with Crippen molar-refractivity contribution in [3.63, 3.8) is 0 Å². The van der Waals surface area contributed by atoms with Gasteiger partial charge in [0, 0.05) is 12.0 Å². The molecule has 1 aromatic heterocycles. The number of halogens is 3. The lowest BCUT2D eigenvalue weighted by Crippen LogP contribution is -2.35. The van der Waals surface area contributed by atoms with Crippen LogP contribution in [0.3, 0.4) is 0 Å². The molecule has 112 valence electrons. The summed E-state index contributed by atoms with van der Waals surface area (Å²) >= 11 is 5.98. The van der Waals surface area contributed by atoms with Crippen LogP contribution in [0.1, 0.15) is 56.8 Å². The number of hydrogen-bond donors (Lipinski definition) is 1. The monoisotopic (exact) mass is 305 g/mol. The lowest BCUT2D eigenvalue weighted by molar-refractivity contribution is -0.122. The molecule has 1 aliphatic rings. The molecule has 0 radical (unpaired) electrons. The number of amides is 1. The maximum atomic E-state index is 12.8. The molecule has 1 atom stereocenters. The number of hydrogen-bond acceptors (Lipinski definition) is 2. The lowest BCUT2D eigenvalue weighted by Gasteiger charge is -2.12. The Morgan fingerprint density at radius 2 is 2.20 bits per heavy atom. The first-order valence-electron chi connectivity index (χ1n) is 6.77. The molecule has 1 N–H and O–H groups in total. The Morgan fingerprint density at radius 1 is 1.55 bits per heavy atom. The van der Waals surface area contributed by atoms with E-state index in [9.17, 15) is 13.6 Å². The van der Waals surface area contributed by atoms with Gasteiger partial charge in [-0.3, -0.25) is 9.48 Å². The van der Waals surface area contributed by atoms with Crippen LogP contribution in [0.25, 0.3) is 0 Å². The molecule has 1 fully saturated rings. The summed E-state index contributed by atoms with van der Waals surface area (Å²) in [5, 5.41) is 6.62. The third-order valence-corrected chi connectivity index (χ3v) is 3.83. The van der Waals surface area contributed by atoms with E-state index in [1.807, 2.05) is 13.8 Å². The Morgan fingerprint density at radius 3 is 2.70 bits per heavy atom. The van der Waals surface area contributed by atoms with E-state index in [0.29, 0.717) is 5.69 Å². The third kappa shape index (κ3) is 3.29.